The van der Waals surface area contributed by atoms with Crippen molar-refractivity contribution in [3.63, 3.8) is 0 Å². The minimum Gasteiger partial charge on any atom is -0.370 e. The number of sulfonamides is 1. The van der Waals surface area contributed by atoms with Crippen molar-refractivity contribution >= 4 is 15.8 Å². The summed E-state index contributed by atoms with van der Waals surface area (Å²) in [4.78, 5) is 12.2. The monoisotopic (exact) mass is 455 g/mol. The molecule has 2 fully saturated rings. The van der Waals surface area contributed by atoms with E-state index in [9.17, 15) is 13.2 Å². The molecule has 1 saturated heterocycles. The second-order valence-corrected chi connectivity index (χ2v) is 11.1. The Morgan fingerprint density at radius 1 is 1.00 bits per heavy atom. The number of carbonyl (C=O) groups excluding carboxylic acids is 1. The zero-order valence-corrected chi connectivity index (χ0v) is 19.8. The predicted molar refractivity (Wildman–Crippen MR) is 125 cm³/mol. The molecule has 4 rings (SSSR count). The third kappa shape index (κ3) is 5.30. The summed E-state index contributed by atoms with van der Waals surface area (Å²) < 4.78 is 33.6. The Bertz CT molecular complexity index is 1020. The highest BCUT2D eigenvalue weighted by Gasteiger charge is 2.30. The highest BCUT2D eigenvalue weighted by atomic mass is 32.2. The molecule has 32 heavy (non-hydrogen) atoms. The quantitative estimate of drug-likeness (QED) is 0.599. The predicted octanol–water partition coefficient (Wildman–Crippen LogP) is 4.84. The Labute approximate surface area is 191 Å². The molecule has 2 aliphatic rings. The van der Waals surface area contributed by atoms with E-state index in [0.717, 1.165) is 36.8 Å². The summed E-state index contributed by atoms with van der Waals surface area (Å²) in [5.41, 5.74) is 3.36. The average molecular weight is 456 g/mol. The van der Waals surface area contributed by atoms with Crippen LogP contribution in [0.3, 0.4) is 0 Å². The molecule has 0 amide bonds. The molecule has 0 aromatic heterocycles. The van der Waals surface area contributed by atoms with E-state index < -0.39 is 10.0 Å². The van der Waals surface area contributed by atoms with Crippen molar-refractivity contribution < 1.29 is 17.9 Å². The summed E-state index contributed by atoms with van der Waals surface area (Å²) in [5, 5.41) is 0. The molecule has 6 heteroatoms. The standard InChI is InChI=1S/C26H33NO4S/c1-19-6-12-25(13-7-19)32(29,30)27-16-14-24(15-17-27)31-20(2)22-10-8-21(9-11-22)18-23-4-3-5-26(23)28/h6-13,20,23-24H,3-5,14-18H2,1-2H3. The van der Waals surface area contributed by atoms with Gasteiger partial charge >= 0.3 is 0 Å². The van der Waals surface area contributed by atoms with Gasteiger partial charge in [-0.15, -0.1) is 0 Å². The summed E-state index contributed by atoms with van der Waals surface area (Å²) in [6.45, 7) is 4.94. The molecule has 5 nitrogen and oxygen atoms in total. The number of carbonyl (C=O) groups is 1. The normalized spacial score (nSPS) is 21.7. The molecule has 1 saturated carbocycles. The van der Waals surface area contributed by atoms with Gasteiger partial charge in [0.05, 0.1) is 17.1 Å². The van der Waals surface area contributed by atoms with Crippen molar-refractivity contribution in [3.8, 4) is 0 Å². The Kier molecular flexibility index (Phi) is 7.13. The number of piperidine rings is 1. The Balaban J connectivity index is 1.29. The molecular weight excluding hydrogens is 422 g/mol. The van der Waals surface area contributed by atoms with Gasteiger partial charge in [0.15, 0.2) is 0 Å². The molecule has 2 aromatic rings. The van der Waals surface area contributed by atoms with Crippen LogP contribution in [0, 0.1) is 12.8 Å². The first-order chi connectivity index (χ1) is 15.3. The number of ketones is 1. The van der Waals surface area contributed by atoms with Gasteiger partial charge in [0.2, 0.25) is 10.0 Å². The fourth-order valence-electron chi connectivity index (χ4n) is 4.75. The molecule has 0 bridgehead atoms. The minimum atomic E-state index is -3.45. The summed E-state index contributed by atoms with van der Waals surface area (Å²) in [5.74, 6) is 0.595. The first-order valence-electron chi connectivity index (χ1n) is 11.7. The molecule has 2 aromatic carbocycles. The van der Waals surface area contributed by atoms with E-state index in [1.807, 2.05) is 26.0 Å². The van der Waals surface area contributed by atoms with Crippen LogP contribution in [0.5, 0.6) is 0 Å². The minimum absolute atomic E-state index is 0.0465. The van der Waals surface area contributed by atoms with E-state index in [2.05, 4.69) is 24.3 Å². The highest BCUT2D eigenvalue weighted by molar-refractivity contribution is 7.89. The number of Topliss-reactive ketones (excluding diaryl/α,β-unsaturated/α-hetero) is 1. The second-order valence-electron chi connectivity index (χ2n) is 9.20. The van der Waals surface area contributed by atoms with Crippen LogP contribution in [-0.2, 0) is 26.0 Å². The Morgan fingerprint density at radius 3 is 2.25 bits per heavy atom. The molecule has 2 atom stereocenters. The van der Waals surface area contributed by atoms with Crippen LogP contribution in [0.4, 0.5) is 0 Å². The molecular formula is C26H33NO4S. The van der Waals surface area contributed by atoms with E-state index in [0.29, 0.717) is 36.6 Å². The van der Waals surface area contributed by atoms with Crippen molar-refractivity contribution in [3.05, 3.63) is 65.2 Å². The molecule has 1 aliphatic heterocycles. The number of hydrogen-bond donors (Lipinski definition) is 0. The van der Waals surface area contributed by atoms with Gasteiger partial charge in [-0.25, -0.2) is 8.42 Å². The van der Waals surface area contributed by atoms with Crippen molar-refractivity contribution in [2.24, 2.45) is 5.92 Å². The maximum Gasteiger partial charge on any atom is 0.243 e. The zero-order valence-electron chi connectivity index (χ0n) is 19.0. The van der Waals surface area contributed by atoms with Gasteiger partial charge in [-0.05, 0) is 69.2 Å². The molecule has 0 radical (unpaired) electrons. The lowest BCUT2D eigenvalue weighted by Gasteiger charge is -2.32. The lowest BCUT2D eigenvalue weighted by Crippen LogP contribution is -2.41. The Morgan fingerprint density at radius 2 is 1.66 bits per heavy atom. The zero-order chi connectivity index (χ0) is 22.7. The fraction of sp³-hybridized carbons (Fsp3) is 0.500. The van der Waals surface area contributed by atoms with Gasteiger partial charge in [-0.1, -0.05) is 42.0 Å². The van der Waals surface area contributed by atoms with Gasteiger partial charge in [0.25, 0.3) is 0 Å². The van der Waals surface area contributed by atoms with Crippen LogP contribution in [0.15, 0.2) is 53.4 Å². The van der Waals surface area contributed by atoms with Gasteiger partial charge in [-0.2, -0.15) is 4.31 Å². The van der Waals surface area contributed by atoms with Crippen LogP contribution in [0.2, 0.25) is 0 Å². The van der Waals surface area contributed by atoms with Crippen LogP contribution in [0.1, 0.15) is 61.8 Å². The van der Waals surface area contributed by atoms with E-state index in [1.165, 1.54) is 5.56 Å². The van der Waals surface area contributed by atoms with E-state index in [-0.39, 0.29) is 18.1 Å². The summed E-state index contributed by atoms with van der Waals surface area (Å²) in [6, 6.07) is 15.4. The lowest BCUT2D eigenvalue weighted by atomic mass is 9.96. The fourth-order valence-corrected chi connectivity index (χ4v) is 6.22. The molecule has 0 N–H and O–H groups in total. The summed E-state index contributed by atoms with van der Waals surface area (Å²) in [6.07, 6.45) is 4.98. The van der Waals surface area contributed by atoms with Crippen LogP contribution in [-0.4, -0.2) is 37.7 Å². The summed E-state index contributed by atoms with van der Waals surface area (Å²) in [7, 11) is -3.45. The third-order valence-corrected chi connectivity index (χ3v) is 8.73. The third-order valence-electron chi connectivity index (χ3n) is 6.82. The number of nitrogens with zero attached hydrogens (tertiary/aromatic N) is 1. The first-order valence-corrected chi connectivity index (χ1v) is 13.1. The molecule has 172 valence electrons. The van der Waals surface area contributed by atoms with Crippen LogP contribution < -0.4 is 0 Å². The lowest BCUT2D eigenvalue weighted by molar-refractivity contribution is -0.120. The largest absolute Gasteiger partial charge is 0.370 e. The molecule has 0 spiro atoms. The number of benzene rings is 2. The number of hydrogen-bond acceptors (Lipinski definition) is 4. The average Bonchev–Trinajstić information content (AvgIpc) is 3.19. The SMILES string of the molecule is Cc1ccc(S(=O)(=O)N2CCC(OC(C)c3ccc(CC4CCCC4=O)cc3)CC2)cc1. The summed E-state index contributed by atoms with van der Waals surface area (Å²) >= 11 is 0. The maximum absolute atomic E-state index is 12.9. The van der Waals surface area contributed by atoms with E-state index in [4.69, 9.17) is 4.74 Å². The van der Waals surface area contributed by atoms with Crippen LogP contribution >= 0.6 is 0 Å². The first kappa shape index (κ1) is 23.1. The number of ether oxygens (including phenoxy) is 1. The van der Waals surface area contributed by atoms with Crippen molar-refractivity contribution in [2.45, 2.75) is 69.5 Å². The van der Waals surface area contributed by atoms with Gasteiger partial charge in [-0.3, -0.25) is 4.79 Å². The van der Waals surface area contributed by atoms with Crippen molar-refractivity contribution in [1.82, 2.24) is 4.31 Å². The van der Waals surface area contributed by atoms with E-state index >= 15 is 0 Å². The number of aryl methyl sites for hydroxylation is 1. The smallest absolute Gasteiger partial charge is 0.243 e. The molecule has 1 aliphatic carbocycles. The van der Waals surface area contributed by atoms with Gasteiger partial charge in [0, 0.05) is 25.4 Å². The Hall–Kier alpha value is -2.02. The number of rotatable bonds is 7. The topological polar surface area (TPSA) is 63.7 Å². The van der Waals surface area contributed by atoms with Gasteiger partial charge in [0.1, 0.15) is 5.78 Å². The van der Waals surface area contributed by atoms with Crippen molar-refractivity contribution in [2.75, 3.05) is 13.1 Å². The maximum atomic E-state index is 12.9. The second kappa shape index (κ2) is 9.86. The van der Waals surface area contributed by atoms with Crippen LogP contribution in [0.25, 0.3) is 0 Å². The van der Waals surface area contributed by atoms with Gasteiger partial charge < -0.3 is 4.74 Å². The van der Waals surface area contributed by atoms with E-state index in [1.54, 1.807) is 16.4 Å². The van der Waals surface area contributed by atoms with Crippen molar-refractivity contribution in [1.29, 1.82) is 0 Å². The molecule has 1 heterocycles. The molecule has 2 unspecified atom stereocenters. The highest BCUT2D eigenvalue weighted by Crippen LogP contribution is 2.28.